The number of methoxy groups -OCH3 is 2. The summed E-state index contributed by atoms with van der Waals surface area (Å²) in [5.74, 6) is 1.29. The molecular formula is C12H14O3. The predicted molar refractivity (Wildman–Crippen MR) is 59.3 cm³/mol. The Labute approximate surface area is 89.3 Å². The lowest BCUT2D eigenvalue weighted by Gasteiger charge is -2.09. The molecule has 0 unspecified atom stereocenters. The maximum absolute atomic E-state index is 10.8. The maximum Gasteiger partial charge on any atom is 0.167 e. The van der Waals surface area contributed by atoms with Gasteiger partial charge in [0.15, 0.2) is 17.3 Å². The van der Waals surface area contributed by atoms with Gasteiger partial charge >= 0.3 is 0 Å². The fourth-order valence-corrected chi connectivity index (χ4v) is 1.25. The van der Waals surface area contributed by atoms with Crippen molar-refractivity contribution in [2.24, 2.45) is 0 Å². The summed E-state index contributed by atoms with van der Waals surface area (Å²) in [6.45, 7) is 1.50. The molecule has 0 heterocycles. The third-order valence-corrected chi connectivity index (χ3v) is 1.93. The Balaban J connectivity index is 3.11. The van der Waals surface area contributed by atoms with Gasteiger partial charge in [0, 0.05) is 5.56 Å². The molecule has 3 nitrogen and oxygen atoms in total. The molecule has 0 aliphatic carbocycles. The zero-order valence-electron chi connectivity index (χ0n) is 9.11. The van der Waals surface area contributed by atoms with Crippen molar-refractivity contribution in [3.8, 4) is 11.5 Å². The van der Waals surface area contributed by atoms with Gasteiger partial charge in [-0.2, -0.15) is 0 Å². The number of para-hydroxylation sites is 1. The van der Waals surface area contributed by atoms with Gasteiger partial charge in [-0.05, 0) is 25.1 Å². The topological polar surface area (TPSA) is 35.5 Å². The van der Waals surface area contributed by atoms with Gasteiger partial charge in [-0.1, -0.05) is 12.1 Å². The van der Waals surface area contributed by atoms with Crippen molar-refractivity contribution in [3.63, 3.8) is 0 Å². The number of hydrogen-bond donors (Lipinski definition) is 0. The Morgan fingerprint density at radius 2 is 2.00 bits per heavy atom. The molecule has 0 spiro atoms. The molecule has 80 valence electrons. The average molecular weight is 206 g/mol. The van der Waals surface area contributed by atoms with Crippen molar-refractivity contribution in [3.05, 3.63) is 29.8 Å². The minimum Gasteiger partial charge on any atom is -0.493 e. The van der Waals surface area contributed by atoms with Gasteiger partial charge in [0.1, 0.15) is 0 Å². The van der Waals surface area contributed by atoms with E-state index < -0.39 is 0 Å². The van der Waals surface area contributed by atoms with Crippen LogP contribution in [0.5, 0.6) is 11.5 Å². The zero-order valence-corrected chi connectivity index (χ0v) is 9.11. The fourth-order valence-electron chi connectivity index (χ4n) is 1.25. The lowest BCUT2D eigenvalue weighted by molar-refractivity contribution is -0.112. The summed E-state index contributed by atoms with van der Waals surface area (Å²) in [6, 6.07) is 5.52. The summed E-state index contributed by atoms with van der Waals surface area (Å²) < 4.78 is 10.4. The van der Waals surface area contributed by atoms with Gasteiger partial charge in [-0.25, -0.2) is 0 Å². The van der Waals surface area contributed by atoms with Gasteiger partial charge in [0.25, 0.3) is 0 Å². The Morgan fingerprint density at radius 3 is 2.53 bits per heavy atom. The number of carbonyl (C=O) groups excluding carboxylic acids is 1. The fraction of sp³-hybridized carbons (Fsp3) is 0.250. The van der Waals surface area contributed by atoms with E-state index in [1.165, 1.54) is 13.0 Å². The third kappa shape index (κ3) is 2.84. The van der Waals surface area contributed by atoms with E-state index in [9.17, 15) is 4.79 Å². The number of allylic oxidation sites excluding steroid dienone is 1. The van der Waals surface area contributed by atoms with Crippen LogP contribution in [0.25, 0.3) is 6.08 Å². The first-order valence-electron chi connectivity index (χ1n) is 4.58. The van der Waals surface area contributed by atoms with Crippen LogP contribution >= 0.6 is 0 Å². The molecule has 1 aromatic carbocycles. The normalized spacial score (nSPS) is 10.3. The van der Waals surface area contributed by atoms with Gasteiger partial charge < -0.3 is 9.47 Å². The Bertz CT molecular complexity index is 380. The van der Waals surface area contributed by atoms with E-state index in [2.05, 4.69) is 0 Å². The monoisotopic (exact) mass is 206 g/mol. The van der Waals surface area contributed by atoms with Crippen molar-refractivity contribution in [2.45, 2.75) is 6.92 Å². The second-order valence-electron chi connectivity index (χ2n) is 3.03. The highest BCUT2D eigenvalue weighted by molar-refractivity contribution is 5.92. The average Bonchev–Trinajstić information content (AvgIpc) is 2.25. The molecule has 0 saturated carbocycles. The second-order valence-corrected chi connectivity index (χ2v) is 3.03. The first-order chi connectivity index (χ1) is 7.19. The Kier molecular flexibility index (Phi) is 3.92. The largest absolute Gasteiger partial charge is 0.493 e. The zero-order chi connectivity index (χ0) is 11.3. The van der Waals surface area contributed by atoms with Crippen LogP contribution in [0.4, 0.5) is 0 Å². The Hall–Kier alpha value is -1.77. The molecule has 0 aromatic heterocycles. The maximum atomic E-state index is 10.8. The summed E-state index contributed by atoms with van der Waals surface area (Å²) in [5, 5.41) is 0. The highest BCUT2D eigenvalue weighted by Crippen LogP contribution is 2.31. The summed E-state index contributed by atoms with van der Waals surface area (Å²) in [5.41, 5.74) is 0.826. The van der Waals surface area contributed by atoms with E-state index in [1.54, 1.807) is 20.3 Å². The summed E-state index contributed by atoms with van der Waals surface area (Å²) >= 11 is 0. The summed E-state index contributed by atoms with van der Waals surface area (Å²) in [4.78, 5) is 10.8. The lowest BCUT2D eigenvalue weighted by atomic mass is 10.1. The molecule has 0 bridgehead atoms. The lowest BCUT2D eigenvalue weighted by Crippen LogP contribution is -1.92. The van der Waals surface area contributed by atoms with E-state index in [0.717, 1.165) is 5.56 Å². The third-order valence-electron chi connectivity index (χ3n) is 1.93. The van der Waals surface area contributed by atoms with Gasteiger partial charge in [0.05, 0.1) is 14.2 Å². The summed E-state index contributed by atoms with van der Waals surface area (Å²) in [6.07, 6.45) is 3.21. The van der Waals surface area contributed by atoms with Gasteiger partial charge in [0.2, 0.25) is 0 Å². The molecule has 0 saturated heterocycles. The van der Waals surface area contributed by atoms with Crippen LogP contribution in [0.1, 0.15) is 12.5 Å². The van der Waals surface area contributed by atoms with Crippen LogP contribution < -0.4 is 9.47 Å². The number of hydrogen-bond acceptors (Lipinski definition) is 3. The SMILES string of the molecule is COc1cccc(/C=C/C(C)=O)c1OC. The second kappa shape index (κ2) is 5.20. The first-order valence-corrected chi connectivity index (χ1v) is 4.58. The molecule has 0 fully saturated rings. The highest BCUT2D eigenvalue weighted by Gasteiger charge is 2.06. The van der Waals surface area contributed by atoms with E-state index in [0.29, 0.717) is 11.5 Å². The molecule has 0 aliphatic heterocycles. The van der Waals surface area contributed by atoms with Crippen molar-refractivity contribution in [2.75, 3.05) is 14.2 Å². The van der Waals surface area contributed by atoms with Gasteiger partial charge in [-0.15, -0.1) is 0 Å². The minimum atomic E-state index is -0.000118. The number of benzene rings is 1. The molecule has 0 aliphatic rings. The summed E-state index contributed by atoms with van der Waals surface area (Å²) in [7, 11) is 3.15. The van der Waals surface area contributed by atoms with Crippen molar-refractivity contribution in [1.82, 2.24) is 0 Å². The van der Waals surface area contributed by atoms with Crippen LogP contribution in [0.2, 0.25) is 0 Å². The van der Waals surface area contributed by atoms with Gasteiger partial charge in [-0.3, -0.25) is 4.79 Å². The number of ketones is 1. The smallest absolute Gasteiger partial charge is 0.167 e. The van der Waals surface area contributed by atoms with E-state index in [4.69, 9.17) is 9.47 Å². The van der Waals surface area contributed by atoms with E-state index in [1.807, 2.05) is 18.2 Å². The first kappa shape index (κ1) is 11.3. The standard InChI is InChI=1S/C12H14O3/c1-9(13)7-8-10-5-4-6-11(14-2)12(10)15-3/h4-8H,1-3H3/b8-7+. The van der Waals surface area contributed by atoms with Crippen LogP contribution in [-0.2, 0) is 4.79 Å². The van der Waals surface area contributed by atoms with Crippen LogP contribution in [-0.4, -0.2) is 20.0 Å². The molecule has 1 rings (SSSR count). The molecule has 0 radical (unpaired) electrons. The Morgan fingerprint density at radius 1 is 1.27 bits per heavy atom. The van der Waals surface area contributed by atoms with Crippen LogP contribution in [0.15, 0.2) is 24.3 Å². The molecular weight excluding hydrogens is 192 g/mol. The minimum absolute atomic E-state index is 0.000118. The van der Waals surface area contributed by atoms with Crippen molar-refractivity contribution < 1.29 is 14.3 Å². The van der Waals surface area contributed by atoms with E-state index >= 15 is 0 Å². The molecule has 15 heavy (non-hydrogen) atoms. The number of ether oxygens (including phenoxy) is 2. The van der Waals surface area contributed by atoms with Crippen molar-refractivity contribution in [1.29, 1.82) is 0 Å². The quantitative estimate of drug-likeness (QED) is 0.709. The van der Waals surface area contributed by atoms with Crippen molar-refractivity contribution >= 4 is 11.9 Å². The highest BCUT2D eigenvalue weighted by atomic mass is 16.5. The van der Waals surface area contributed by atoms with E-state index in [-0.39, 0.29) is 5.78 Å². The van der Waals surface area contributed by atoms with Crippen LogP contribution in [0, 0.1) is 0 Å². The molecule has 1 aromatic rings. The number of carbonyl (C=O) groups is 1. The predicted octanol–water partition coefficient (Wildman–Crippen LogP) is 2.31. The molecule has 0 amide bonds. The number of rotatable bonds is 4. The molecule has 0 atom stereocenters. The van der Waals surface area contributed by atoms with Crippen LogP contribution in [0.3, 0.4) is 0 Å². The molecule has 3 heteroatoms. The molecule has 0 N–H and O–H groups in total.